The summed E-state index contributed by atoms with van der Waals surface area (Å²) in [5.74, 6) is -0.244. The maximum absolute atomic E-state index is 13.0. The van der Waals surface area contributed by atoms with Gasteiger partial charge in [-0.3, -0.25) is 4.79 Å². The van der Waals surface area contributed by atoms with Gasteiger partial charge in [0.1, 0.15) is 11.6 Å². The fraction of sp³-hybridized carbons (Fsp3) is 0.500. The minimum atomic E-state index is -0.688. The molecule has 5 heteroatoms. The molecule has 0 aliphatic carbocycles. The second-order valence-electron chi connectivity index (χ2n) is 4.80. The van der Waals surface area contributed by atoms with Crippen LogP contribution in [0.1, 0.15) is 19.8 Å². The molecule has 0 spiro atoms. The normalized spacial score (nSPS) is 21.0. The van der Waals surface area contributed by atoms with Crippen molar-refractivity contribution < 1.29 is 19.0 Å². The molecule has 1 aliphatic rings. The third kappa shape index (κ3) is 3.67. The molecule has 0 aromatic heterocycles. The quantitative estimate of drug-likeness (QED) is 0.904. The summed E-state index contributed by atoms with van der Waals surface area (Å²) in [5.41, 5.74) is 0. The number of piperidine rings is 1. The van der Waals surface area contributed by atoms with E-state index < -0.39 is 18.0 Å². The molecule has 104 valence electrons. The molecule has 1 saturated heterocycles. The minimum absolute atomic E-state index is 0.178. The summed E-state index contributed by atoms with van der Waals surface area (Å²) in [4.78, 5) is 13.7. The van der Waals surface area contributed by atoms with Crippen molar-refractivity contribution in [3.63, 3.8) is 0 Å². The maximum Gasteiger partial charge on any atom is 0.263 e. The lowest BCUT2D eigenvalue weighted by atomic mass is 10.1. The van der Waals surface area contributed by atoms with Crippen LogP contribution >= 0.6 is 0 Å². The van der Waals surface area contributed by atoms with Gasteiger partial charge in [0.05, 0.1) is 6.10 Å². The second kappa shape index (κ2) is 6.02. The van der Waals surface area contributed by atoms with Gasteiger partial charge in [0, 0.05) is 19.2 Å². The van der Waals surface area contributed by atoms with Crippen LogP contribution in [-0.2, 0) is 4.79 Å². The van der Waals surface area contributed by atoms with Crippen molar-refractivity contribution in [2.75, 3.05) is 13.1 Å². The molecule has 4 nitrogen and oxygen atoms in total. The van der Waals surface area contributed by atoms with Gasteiger partial charge < -0.3 is 14.7 Å². The summed E-state index contributed by atoms with van der Waals surface area (Å²) >= 11 is 0. The van der Waals surface area contributed by atoms with Gasteiger partial charge in [-0.25, -0.2) is 4.39 Å². The van der Waals surface area contributed by atoms with Gasteiger partial charge in [-0.1, -0.05) is 6.07 Å². The number of likely N-dealkylation sites (tertiary alicyclic amines) is 1. The number of rotatable bonds is 3. The Morgan fingerprint density at radius 3 is 3.05 bits per heavy atom. The van der Waals surface area contributed by atoms with Crippen molar-refractivity contribution in [1.82, 2.24) is 4.90 Å². The van der Waals surface area contributed by atoms with E-state index >= 15 is 0 Å². The Kier molecular flexibility index (Phi) is 4.37. The summed E-state index contributed by atoms with van der Waals surface area (Å²) in [7, 11) is 0. The van der Waals surface area contributed by atoms with E-state index in [1.54, 1.807) is 17.9 Å². The van der Waals surface area contributed by atoms with Crippen molar-refractivity contribution in [3.05, 3.63) is 30.1 Å². The molecule has 0 bridgehead atoms. The van der Waals surface area contributed by atoms with E-state index in [2.05, 4.69) is 0 Å². The highest BCUT2D eigenvalue weighted by Crippen LogP contribution is 2.16. The zero-order chi connectivity index (χ0) is 13.8. The fourth-order valence-electron chi connectivity index (χ4n) is 2.21. The Balaban J connectivity index is 1.95. The molecular formula is C14H18FNO3. The highest BCUT2D eigenvalue weighted by Gasteiger charge is 2.26. The molecule has 19 heavy (non-hydrogen) atoms. The molecule has 1 amide bonds. The third-order valence-electron chi connectivity index (χ3n) is 3.16. The highest BCUT2D eigenvalue weighted by atomic mass is 19.1. The van der Waals surface area contributed by atoms with Crippen LogP contribution in [0.3, 0.4) is 0 Å². The Morgan fingerprint density at radius 1 is 1.58 bits per heavy atom. The molecular weight excluding hydrogens is 249 g/mol. The van der Waals surface area contributed by atoms with Gasteiger partial charge in [-0.05, 0) is 31.9 Å². The van der Waals surface area contributed by atoms with E-state index in [9.17, 15) is 14.3 Å². The predicted molar refractivity (Wildman–Crippen MR) is 68.3 cm³/mol. The molecule has 1 fully saturated rings. The molecule has 0 saturated carbocycles. The number of carbonyl (C=O) groups is 1. The molecule has 1 aromatic rings. The SMILES string of the molecule is CC(Oc1cccc(F)c1)C(=O)N1CCC[C@H](O)C1. The van der Waals surface area contributed by atoms with Crippen LogP contribution in [0.15, 0.2) is 24.3 Å². The van der Waals surface area contributed by atoms with E-state index in [1.165, 1.54) is 18.2 Å². The average Bonchev–Trinajstić information content (AvgIpc) is 2.38. The van der Waals surface area contributed by atoms with Crippen LogP contribution in [-0.4, -0.2) is 41.2 Å². The lowest BCUT2D eigenvalue weighted by molar-refractivity contribution is -0.141. The average molecular weight is 267 g/mol. The topological polar surface area (TPSA) is 49.8 Å². The second-order valence-corrected chi connectivity index (χ2v) is 4.80. The van der Waals surface area contributed by atoms with Gasteiger partial charge in [-0.2, -0.15) is 0 Å². The first kappa shape index (κ1) is 13.8. The van der Waals surface area contributed by atoms with E-state index in [-0.39, 0.29) is 5.91 Å². The number of halogens is 1. The van der Waals surface area contributed by atoms with Gasteiger partial charge in [-0.15, -0.1) is 0 Å². The lowest BCUT2D eigenvalue weighted by Gasteiger charge is -2.32. The predicted octanol–water partition coefficient (Wildman–Crippen LogP) is 1.58. The molecule has 2 rings (SSSR count). The van der Waals surface area contributed by atoms with Gasteiger partial charge in [0.2, 0.25) is 0 Å². The monoisotopic (exact) mass is 267 g/mol. The number of ether oxygens (including phenoxy) is 1. The highest BCUT2D eigenvalue weighted by molar-refractivity contribution is 5.81. The first-order valence-corrected chi connectivity index (χ1v) is 6.45. The number of hydrogen-bond donors (Lipinski definition) is 1. The van der Waals surface area contributed by atoms with Gasteiger partial charge >= 0.3 is 0 Å². The van der Waals surface area contributed by atoms with Crippen molar-refractivity contribution in [3.8, 4) is 5.75 Å². The maximum atomic E-state index is 13.0. The van der Waals surface area contributed by atoms with E-state index in [0.717, 1.165) is 12.8 Å². The summed E-state index contributed by atoms with van der Waals surface area (Å²) in [6.07, 6.45) is 0.369. The first-order chi connectivity index (χ1) is 9.06. The van der Waals surface area contributed by atoms with E-state index in [0.29, 0.717) is 18.8 Å². The zero-order valence-electron chi connectivity index (χ0n) is 10.9. The molecule has 1 heterocycles. The largest absolute Gasteiger partial charge is 0.481 e. The molecule has 1 unspecified atom stereocenters. The summed E-state index contributed by atoms with van der Waals surface area (Å²) < 4.78 is 18.4. The Hall–Kier alpha value is -1.62. The number of aliphatic hydroxyl groups is 1. The van der Waals surface area contributed by atoms with Gasteiger partial charge in [0.15, 0.2) is 6.10 Å². The molecule has 0 radical (unpaired) electrons. The molecule has 1 N–H and O–H groups in total. The van der Waals surface area contributed by atoms with Crippen LogP contribution in [0.25, 0.3) is 0 Å². The number of nitrogens with zero attached hydrogens (tertiary/aromatic N) is 1. The molecule has 1 aliphatic heterocycles. The Labute approximate surface area is 111 Å². The number of amides is 1. The van der Waals surface area contributed by atoms with Crippen LogP contribution in [0.2, 0.25) is 0 Å². The van der Waals surface area contributed by atoms with Crippen molar-refractivity contribution in [2.45, 2.75) is 32.0 Å². The summed E-state index contributed by atoms with van der Waals surface area (Å²) in [6, 6.07) is 5.71. The fourth-order valence-corrected chi connectivity index (χ4v) is 2.21. The number of benzene rings is 1. The Morgan fingerprint density at radius 2 is 2.37 bits per heavy atom. The number of aliphatic hydroxyl groups excluding tert-OH is 1. The van der Waals surface area contributed by atoms with Crippen LogP contribution in [0.5, 0.6) is 5.75 Å². The van der Waals surface area contributed by atoms with E-state index in [1.807, 2.05) is 0 Å². The Bertz CT molecular complexity index is 452. The lowest BCUT2D eigenvalue weighted by Crippen LogP contribution is -2.47. The molecule has 2 atom stereocenters. The smallest absolute Gasteiger partial charge is 0.263 e. The number of carbonyl (C=O) groups excluding carboxylic acids is 1. The first-order valence-electron chi connectivity index (χ1n) is 6.45. The number of hydrogen-bond acceptors (Lipinski definition) is 3. The van der Waals surface area contributed by atoms with Crippen molar-refractivity contribution >= 4 is 5.91 Å². The van der Waals surface area contributed by atoms with Crippen LogP contribution in [0.4, 0.5) is 4.39 Å². The zero-order valence-corrected chi connectivity index (χ0v) is 10.9. The van der Waals surface area contributed by atoms with Crippen molar-refractivity contribution in [1.29, 1.82) is 0 Å². The van der Waals surface area contributed by atoms with Gasteiger partial charge in [0.25, 0.3) is 5.91 Å². The summed E-state index contributed by atoms with van der Waals surface area (Å²) in [6.45, 7) is 2.61. The third-order valence-corrected chi connectivity index (χ3v) is 3.16. The summed E-state index contributed by atoms with van der Waals surface area (Å²) in [5, 5.41) is 9.55. The molecule has 1 aromatic carbocycles. The van der Waals surface area contributed by atoms with Crippen molar-refractivity contribution in [2.24, 2.45) is 0 Å². The van der Waals surface area contributed by atoms with E-state index in [4.69, 9.17) is 4.74 Å². The van der Waals surface area contributed by atoms with Crippen LogP contribution in [0, 0.1) is 5.82 Å². The minimum Gasteiger partial charge on any atom is -0.481 e. The standard InChI is InChI=1S/C14H18FNO3/c1-10(19-13-6-2-4-11(15)8-13)14(18)16-7-3-5-12(17)9-16/h2,4,6,8,10,12,17H,3,5,7,9H2,1H3/t10?,12-/m0/s1. The van der Waals surface area contributed by atoms with Crippen LogP contribution < -0.4 is 4.74 Å². The number of β-amino-alcohol motifs (C(OH)–C–C–N with tert-alkyl or cyclic N) is 1.